The van der Waals surface area contributed by atoms with Crippen molar-refractivity contribution >= 4 is 37.0 Å². The van der Waals surface area contributed by atoms with Crippen LogP contribution in [0.5, 0.6) is 0 Å². The molecule has 0 spiro atoms. The molecule has 0 unspecified atom stereocenters. The van der Waals surface area contributed by atoms with E-state index in [0.717, 1.165) is 15.1 Å². The third-order valence-corrected chi connectivity index (χ3v) is 3.80. The maximum absolute atomic E-state index is 10.5. The maximum atomic E-state index is 10.5. The summed E-state index contributed by atoms with van der Waals surface area (Å²) in [5.41, 5.74) is 8.25. The molecule has 4 aromatic rings. The van der Waals surface area contributed by atoms with Crippen molar-refractivity contribution in [1.82, 2.24) is 0 Å². The van der Waals surface area contributed by atoms with Gasteiger partial charge in [-0.25, -0.2) is 0 Å². The summed E-state index contributed by atoms with van der Waals surface area (Å²) in [5, 5.41) is 5.39. The zero-order chi connectivity index (χ0) is 18.9. The molecule has 0 aliphatic rings. The minimum Gasteiger partial charge on any atom is -1.00 e. The molecule has 6 heteroatoms. The second-order valence-corrected chi connectivity index (χ2v) is 7.02. The minimum absolute atomic E-state index is 0. The van der Waals surface area contributed by atoms with Gasteiger partial charge in [0.25, 0.3) is 0 Å². The van der Waals surface area contributed by atoms with Gasteiger partial charge in [0.15, 0.2) is 0 Å². The predicted octanol–water partition coefficient (Wildman–Crippen LogP) is 0.692. The van der Waals surface area contributed by atoms with E-state index < -0.39 is 5.91 Å². The molecule has 4 rings (SSSR count). The Morgan fingerprint density at radius 3 is 1.66 bits per heavy atom. The van der Waals surface area contributed by atoms with Gasteiger partial charge in [0.05, 0.1) is 5.91 Å². The van der Waals surface area contributed by atoms with E-state index >= 15 is 0 Å². The second-order valence-electron chi connectivity index (χ2n) is 6.02. The predicted molar refractivity (Wildman–Crippen MR) is 114 cm³/mol. The number of carbonyl (C=O) groups is 1. The summed E-state index contributed by atoms with van der Waals surface area (Å²) in [6.45, 7) is 6.20. The van der Waals surface area contributed by atoms with Gasteiger partial charge in [-0.05, 0) is 12.5 Å². The van der Waals surface area contributed by atoms with E-state index in [1.807, 2.05) is 13.0 Å². The third kappa shape index (κ3) is 8.91. The molecule has 0 aromatic heterocycles. The molecule has 0 atom stereocenters. The van der Waals surface area contributed by atoms with Crippen LogP contribution in [0.15, 0.2) is 78.9 Å². The number of hydrogen-bond donors (Lipinski definition) is 0. The normalized spacial score (nSPS) is 8.79. The van der Waals surface area contributed by atoms with Crippen molar-refractivity contribution in [3.63, 3.8) is 0 Å². The number of halogens is 2. The molecule has 0 fully saturated rings. The first-order valence-corrected chi connectivity index (χ1v) is 10.5. The fourth-order valence-electron chi connectivity index (χ4n) is 2.69. The van der Waals surface area contributed by atoms with Crippen LogP contribution >= 0.6 is 0 Å². The zero-order valence-electron chi connectivity index (χ0n) is 16.7. The van der Waals surface area contributed by atoms with Gasteiger partial charge >= 0.3 is 25.8 Å². The fraction of sp³-hybridized carbons (Fsp3) is 0.130. The van der Waals surface area contributed by atoms with Crippen molar-refractivity contribution in [3.8, 4) is 0 Å². The van der Waals surface area contributed by atoms with E-state index in [2.05, 4.69) is 67.7 Å². The van der Waals surface area contributed by atoms with Crippen molar-refractivity contribution in [1.29, 1.82) is 0 Å². The largest absolute Gasteiger partial charge is 4.00 e. The summed E-state index contributed by atoms with van der Waals surface area (Å²) in [4.78, 5) is 10.5. The standard InChI is InChI=1S/C13H9.C8H9NO.C2H6Si.2ClH.Hf/c1-3-7-12-10(5-1)9-11-6-2-4-8-13(11)12;1-6-3-2-4-7(5-6)8(9)10;1-3-2;;;/h1-9H;2-5H,1H3,(H2,9,10);1-2H3;2*1H;/q-1;;;;;+4/p-3. The molecular weight excluding hydrogens is 584 g/mol. The summed E-state index contributed by atoms with van der Waals surface area (Å²) in [7, 11) is 1.08. The Hall–Kier alpha value is -1.33. The molecule has 148 valence electrons. The average molecular weight is 607 g/mol. The van der Waals surface area contributed by atoms with Crippen molar-refractivity contribution < 1.29 is 55.5 Å². The SMILES string of the molecule is C[Si]C.Cc1cccc(C([NH-])=O)c1.[Cl-].[Cl-].[Hf+4].c1ccc2c(c1)[cH-]c1ccccc12. The number of nitrogens with one attached hydrogen (secondary N) is 1. The van der Waals surface area contributed by atoms with Gasteiger partial charge in [0.1, 0.15) is 0 Å². The Morgan fingerprint density at radius 2 is 1.28 bits per heavy atom. The Morgan fingerprint density at radius 1 is 0.828 bits per heavy atom. The summed E-state index contributed by atoms with van der Waals surface area (Å²) >= 11 is 0. The van der Waals surface area contributed by atoms with Crippen LogP contribution in [0.25, 0.3) is 27.3 Å². The molecule has 1 amide bonds. The van der Waals surface area contributed by atoms with Crippen LogP contribution < -0.4 is 24.8 Å². The van der Waals surface area contributed by atoms with Gasteiger partial charge in [-0.3, -0.25) is 0 Å². The van der Waals surface area contributed by atoms with Crippen molar-refractivity contribution in [2.75, 3.05) is 0 Å². The van der Waals surface area contributed by atoms with E-state index in [-0.39, 0.29) is 50.7 Å². The topological polar surface area (TPSA) is 40.9 Å². The van der Waals surface area contributed by atoms with E-state index in [1.165, 1.54) is 21.5 Å². The maximum Gasteiger partial charge on any atom is 4.00 e. The Labute approximate surface area is 207 Å². The summed E-state index contributed by atoms with van der Waals surface area (Å²) in [6.07, 6.45) is 0. The number of hydrogen-bond acceptors (Lipinski definition) is 1. The number of amides is 1. The molecule has 0 bridgehead atoms. The van der Waals surface area contributed by atoms with Gasteiger partial charge in [-0.2, -0.15) is 0 Å². The molecular formula is C23H23Cl2HfNOSi. The number of fused-ring (bicyclic) bond motifs is 3. The van der Waals surface area contributed by atoms with Gasteiger partial charge in [-0.15, -0.1) is 39.7 Å². The van der Waals surface area contributed by atoms with Crippen LogP contribution in [0.3, 0.4) is 0 Å². The number of aryl methyl sites for hydroxylation is 1. The zero-order valence-corrected chi connectivity index (χ0v) is 22.8. The van der Waals surface area contributed by atoms with Crippen LogP contribution in [-0.2, 0) is 25.8 Å². The smallest absolute Gasteiger partial charge is 1.00 e. The van der Waals surface area contributed by atoms with E-state index in [9.17, 15) is 4.79 Å². The van der Waals surface area contributed by atoms with E-state index in [1.54, 1.807) is 18.2 Å². The number of benzene rings is 3. The molecule has 2 radical (unpaired) electrons. The Balaban J connectivity index is 0. The quantitative estimate of drug-likeness (QED) is 0.232. The summed E-state index contributed by atoms with van der Waals surface area (Å²) in [6, 6.07) is 26.3. The molecule has 0 aliphatic heterocycles. The van der Waals surface area contributed by atoms with Crippen LogP contribution in [-0.4, -0.2) is 15.4 Å². The molecule has 0 aliphatic carbocycles. The molecule has 0 saturated heterocycles. The molecule has 0 saturated carbocycles. The molecule has 2 nitrogen and oxygen atoms in total. The first-order chi connectivity index (χ1) is 12.6. The first kappa shape index (κ1) is 29.9. The second kappa shape index (κ2) is 15.5. The monoisotopic (exact) mass is 607 g/mol. The summed E-state index contributed by atoms with van der Waals surface area (Å²) in [5.74, 6) is -0.622. The van der Waals surface area contributed by atoms with E-state index in [4.69, 9.17) is 5.73 Å². The van der Waals surface area contributed by atoms with Gasteiger partial charge < -0.3 is 35.3 Å². The van der Waals surface area contributed by atoms with Gasteiger partial charge in [-0.1, -0.05) is 79.3 Å². The van der Waals surface area contributed by atoms with Crippen LogP contribution in [0.2, 0.25) is 13.1 Å². The molecule has 0 heterocycles. The van der Waals surface area contributed by atoms with Gasteiger partial charge in [0, 0.05) is 9.52 Å². The molecule has 29 heavy (non-hydrogen) atoms. The summed E-state index contributed by atoms with van der Waals surface area (Å²) < 4.78 is 0. The fourth-order valence-corrected chi connectivity index (χ4v) is 2.69. The Kier molecular flexibility index (Phi) is 16.0. The Bertz CT molecular complexity index is 954. The van der Waals surface area contributed by atoms with Crippen LogP contribution in [0.4, 0.5) is 0 Å². The van der Waals surface area contributed by atoms with Crippen molar-refractivity contribution in [2.24, 2.45) is 0 Å². The third-order valence-electron chi connectivity index (χ3n) is 3.80. The van der Waals surface area contributed by atoms with Crippen molar-refractivity contribution in [2.45, 2.75) is 20.0 Å². The first-order valence-electron chi connectivity index (χ1n) is 8.51. The number of rotatable bonds is 1. The molecule has 4 aromatic carbocycles. The van der Waals surface area contributed by atoms with Crippen molar-refractivity contribution in [3.05, 3.63) is 95.7 Å². The van der Waals surface area contributed by atoms with Crippen LogP contribution in [0.1, 0.15) is 15.9 Å². The van der Waals surface area contributed by atoms with E-state index in [0.29, 0.717) is 5.56 Å². The minimum atomic E-state index is -0.622. The molecule has 1 N–H and O–H groups in total. The average Bonchev–Trinajstić information content (AvgIpc) is 3.02. The number of carbonyl (C=O) groups excluding carboxylic acids is 1. The van der Waals surface area contributed by atoms with Crippen LogP contribution in [0, 0.1) is 6.92 Å². The van der Waals surface area contributed by atoms with Gasteiger partial charge in [0.2, 0.25) is 0 Å².